The summed E-state index contributed by atoms with van der Waals surface area (Å²) in [5.41, 5.74) is 0.793. The van der Waals surface area contributed by atoms with Crippen molar-refractivity contribution in [1.82, 2.24) is 19.9 Å². The first-order chi connectivity index (χ1) is 13.2. The van der Waals surface area contributed by atoms with Crippen molar-refractivity contribution in [2.45, 2.75) is 31.7 Å². The summed E-state index contributed by atoms with van der Waals surface area (Å²) in [4.78, 5) is 46.1. The molecule has 2 aliphatic heterocycles. The molecule has 0 spiro atoms. The van der Waals surface area contributed by atoms with Crippen LogP contribution in [0.4, 0.5) is 22.1 Å². The van der Waals surface area contributed by atoms with Gasteiger partial charge in [0.15, 0.2) is 23.2 Å². The number of fused-ring (bicyclic) bond motifs is 4. The first kappa shape index (κ1) is 16.1. The maximum absolute atomic E-state index is 13.0. The summed E-state index contributed by atoms with van der Waals surface area (Å²) in [6, 6.07) is -0.307. The van der Waals surface area contributed by atoms with E-state index in [1.54, 1.807) is 17.3 Å². The molecule has 4 heterocycles. The van der Waals surface area contributed by atoms with Gasteiger partial charge in [-0.05, 0) is 25.2 Å². The Morgan fingerprint density at radius 3 is 2.81 bits per heavy atom. The number of ketones is 1. The molecule has 9 heteroatoms. The Morgan fingerprint density at radius 2 is 2.04 bits per heavy atom. The van der Waals surface area contributed by atoms with E-state index in [2.05, 4.69) is 30.2 Å². The largest absolute Gasteiger partial charge is 0.365 e. The zero-order valence-corrected chi connectivity index (χ0v) is 14.7. The lowest BCUT2D eigenvalue weighted by atomic mass is 10.1. The van der Waals surface area contributed by atoms with Crippen LogP contribution < -0.4 is 15.1 Å². The van der Waals surface area contributed by atoms with E-state index in [1.165, 1.54) is 12.4 Å². The van der Waals surface area contributed by atoms with Gasteiger partial charge in [-0.25, -0.2) is 19.7 Å². The molecule has 2 bridgehead atoms. The van der Waals surface area contributed by atoms with Crippen molar-refractivity contribution < 1.29 is 9.59 Å². The number of anilines is 3. The smallest absolute Gasteiger partial charge is 0.329 e. The van der Waals surface area contributed by atoms with Gasteiger partial charge in [-0.1, -0.05) is 0 Å². The minimum atomic E-state index is -0.317. The summed E-state index contributed by atoms with van der Waals surface area (Å²) in [7, 11) is 0. The number of nitrogens with zero attached hydrogens (tertiary/aromatic N) is 6. The summed E-state index contributed by atoms with van der Waals surface area (Å²) >= 11 is 0. The molecule has 1 saturated carbocycles. The highest BCUT2D eigenvalue weighted by molar-refractivity contribution is 6.04. The van der Waals surface area contributed by atoms with Crippen molar-refractivity contribution in [3.63, 3.8) is 0 Å². The lowest BCUT2D eigenvalue weighted by Crippen LogP contribution is -2.48. The van der Waals surface area contributed by atoms with Crippen LogP contribution in [0, 0.1) is 5.92 Å². The molecule has 27 heavy (non-hydrogen) atoms. The van der Waals surface area contributed by atoms with Crippen LogP contribution in [0.3, 0.4) is 0 Å². The molecule has 0 aromatic carbocycles. The van der Waals surface area contributed by atoms with E-state index < -0.39 is 0 Å². The van der Waals surface area contributed by atoms with Gasteiger partial charge in [0.2, 0.25) is 0 Å². The molecule has 2 fully saturated rings. The third-order valence-corrected chi connectivity index (χ3v) is 5.28. The molecule has 5 rings (SSSR count). The van der Waals surface area contributed by atoms with Gasteiger partial charge in [0.25, 0.3) is 0 Å². The van der Waals surface area contributed by atoms with E-state index >= 15 is 0 Å². The Labute approximate surface area is 155 Å². The lowest BCUT2D eigenvalue weighted by molar-refractivity contribution is 0.0966. The van der Waals surface area contributed by atoms with Crippen LogP contribution >= 0.6 is 0 Å². The van der Waals surface area contributed by atoms with Crippen molar-refractivity contribution in [1.29, 1.82) is 0 Å². The number of hydrogen-bond donors (Lipinski definition) is 1. The van der Waals surface area contributed by atoms with Gasteiger partial charge in [0.1, 0.15) is 0 Å². The van der Waals surface area contributed by atoms with E-state index in [4.69, 9.17) is 0 Å². The lowest BCUT2D eigenvalue weighted by Gasteiger charge is -2.35. The second-order valence-corrected chi connectivity index (χ2v) is 7.25. The molecule has 2 aromatic heterocycles. The third kappa shape index (κ3) is 2.98. The average molecular weight is 365 g/mol. The number of aromatic nitrogens is 4. The van der Waals surface area contributed by atoms with Gasteiger partial charge in [-0.2, -0.15) is 0 Å². The maximum Gasteiger partial charge on any atom is 0.329 e. The van der Waals surface area contributed by atoms with Crippen LogP contribution in [0.15, 0.2) is 24.8 Å². The Balaban J connectivity index is 1.47. The minimum absolute atomic E-state index is 0.00968. The van der Waals surface area contributed by atoms with Crippen molar-refractivity contribution >= 4 is 29.1 Å². The number of carbonyl (C=O) groups excluding carboxylic acids is 2. The molecular formula is C18H19N7O2. The molecular weight excluding hydrogens is 346 g/mol. The van der Waals surface area contributed by atoms with Crippen molar-refractivity contribution in [2.24, 2.45) is 5.92 Å². The topological polar surface area (TPSA) is 104 Å². The Bertz CT molecular complexity index is 900. The van der Waals surface area contributed by atoms with E-state index in [0.717, 1.165) is 38.0 Å². The monoisotopic (exact) mass is 365 g/mol. The van der Waals surface area contributed by atoms with E-state index in [9.17, 15) is 9.59 Å². The van der Waals surface area contributed by atoms with Gasteiger partial charge in [-0.15, -0.1) is 0 Å². The fraction of sp³-hybridized carbons (Fsp3) is 0.444. The van der Waals surface area contributed by atoms with Crippen molar-refractivity contribution in [3.05, 3.63) is 30.6 Å². The van der Waals surface area contributed by atoms with Gasteiger partial charge in [-0.3, -0.25) is 20.0 Å². The molecule has 1 aliphatic carbocycles. The molecule has 2 aromatic rings. The van der Waals surface area contributed by atoms with Crippen LogP contribution in [0.1, 0.15) is 36.3 Å². The van der Waals surface area contributed by atoms with Crippen LogP contribution in [-0.2, 0) is 0 Å². The van der Waals surface area contributed by atoms with E-state index in [1.807, 2.05) is 0 Å². The van der Waals surface area contributed by atoms with Crippen molar-refractivity contribution in [3.8, 4) is 0 Å². The highest BCUT2D eigenvalue weighted by atomic mass is 16.2. The first-order valence-electron chi connectivity index (χ1n) is 9.20. The van der Waals surface area contributed by atoms with Gasteiger partial charge in [0, 0.05) is 31.9 Å². The Hall–Kier alpha value is -3.10. The number of Topliss-reactive ketones (excluding diaryl/α,β-unsaturated/α-hetero) is 1. The second kappa shape index (κ2) is 6.26. The molecule has 9 nitrogen and oxygen atoms in total. The molecule has 3 aliphatic rings. The second-order valence-electron chi connectivity index (χ2n) is 7.25. The maximum atomic E-state index is 13.0. The quantitative estimate of drug-likeness (QED) is 0.825. The van der Waals surface area contributed by atoms with Gasteiger partial charge < -0.3 is 4.90 Å². The first-order valence-corrected chi connectivity index (χ1v) is 9.20. The predicted octanol–water partition coefficient (Wildman–Crippen LogP) is 1.88. The number of carbonyl (C=O) groups is 2. The molecule has 0 radical (unpaired) electrons. The van der Waals surface area contributed by atoms with Crippen molar-refractivity contribution in [2.75, 3.05) is 28.2 Å². The number of amides is 2. The fourth-order valence-electron chi connectivity index (χ4n) is 3.72. The van der Waals surface area contributed by atoms with Gasteiger partial charge >= 0.3 is 6.03 Å². The van der Waals surface area contributed by atoms with E-state index in [0.29, 0.717) is 24.0 Å². The van der Waals surface area contributed by atoms with Crippen LogP contribution in [-0.4, -0.2) is 50.9 Å². The summed E-state index contributed by atoms with van der Waals surface area (Å²) in [6.07, 6.45) is 9.76. The summed E-state index contributed by atoms with van der Waals surface area (Å²) in [6.45, 7) is 1.57. The predicted molar refractivity (Wildman–Crippen MR) is 97.9 cm³/mol. The SMILES string of the molecule is O=C(CC1CC1)c1ncc2c(n1)N(C(=O)Nc1cnccn1)C1CCN2C1. The van der Waals surface area contributed by atoms with Crippen LogP contribution in [0.25, 0.3) is 0 Å². The zero-order chi connectivity index (χ0) is 18.4. The van der Waals surface area contributed by atoms with E-state index in [-0.39, 0.29) is 23.7 Å². The van der Waals surface area contributed by atoms with Gasteiger partial charge in [0.05, 0.1) is 24.1 Å². The summed E-state index contributed by atoms with van der Waals surface area (Å²) in [5.74, 6) is 1.49. The summed E-state index contributed by atoms with van der Waals surface area (Å²) < 4.78 is 0. The number of nitrogens with one attached hydrogen (secondary N) is 1. The standard InChI is InChI=1S/C18H19N7O2/c26-14(7-11-1-2-11)16-21-8-13-17(23-16)25(12-3-6-24(13)10-12)18(27)22-15-9-19-4-5-20-15/h4-5,8-9,11-12H,1-3,6-7,10H2,(H,20,22,27). The molecule has 1 atom stereocenters. The zero-order valence-electron chi connectivity index (χ0n) is 14.7. The van der Waals surface area contributed by atoms with Crippen LogP contribution in [0.5, 0.6) is 0 Å². The van der Waals surface area contributed by atoms with Crippen LogP contribution in [0.2, 0.25) is 0 Å². The normalized spacial score (nSPS) is 20.4. The highest BCUT2D eigenvalue weighted by Crippen LogP contribution is 2.39. The number of hydrogen-bond acceptors (Lipinski definition) is 7. The number of urea groups is 1. The fourth-order valence-corrected chi connectivity index (χ4v) is 3.72. The Morgan fingerprint density at radius 1 is 1.15 bits per heavy atom. The summed E-state index contributed by atoms with van der Waals surface area (Å²) in [5, 5.41) is 2.78. The molecule has 1 N–H and O–H groups in total. The number of rotatable bonds is 4. The molecule has 1 saturated heterocycles. The molecule has 2 amide bonds. The molecule has 1 unspecified atom stereocenters. The average Bonchev–Trinajstić information content (AvgIpc) is 3.40. The highest BCUT2D eigenvalue weighted by Gasteiger charge is 2.41. The Kier molecular flexibility index (Phi) is 3.73. The molecule has 138 valence electrons. The third-order valence-electron chi connectivity index (χ3n) is 5.28. The minimum Gasteiger partial charge on any atom is -0.365 e.